The summed E-state index contributed by atoms with van der Waals surface area (Å²) >= 11 is 0. The first-order valence-corrected chi connectivity index (χ1v) is 7.70. The van der Waals surface area contributed by atoms with Gasteiger partial charge in [0.15, 0.2) is 0 Å². The summed E-state index contributed by atoms with van der Waals surface area (Å²) in [7, 11) is 0. The van der Waals surface area contributed by atoms with Crippen molar-refractivity contribution < 1.29 is 4.79 Å². The molecule has 2 aromatic carbocycles. The van der Waals surface area contributed by atoms with Crippen LogP contribution >= 0.6 is 12.4 Å². The van der Waals surface area contributed by atoms with Crippen molar-refractivity contribution in [3.05, 3.63) is 48.0 Å². The van der Waals surface area contributed by atoms with E-state index in [-0.39, 0.29) is 24.4 Å². The molecule has 3 N–H and O–H groups in total. The maximum absolute atomic E-state index is 12.2. The molecule has 0 heterocycles. The van der Waals surface area contributed by atoms with Crippen LogP contribution in [-0.2, 0) is 11.2 Å². The van der Waals surface area contributed by atoms with Gasteiger partial charge in [-0.3, -0.25) is 4.79 Å². The summed E-state index contributed by atoms with van der Waals surface area (Å²) in [5, 5.41) is 5.37. The van der Waals surface area contributed by atoms with Crippen LogP contribution in [-0.4, -0.2) is 18.5 Å². The highest BCUT2D eigenvalue weighted by molar-refractivity contribution is 5.90. The van der Waals surface area contributed by atoms with Crippen LogP contribution in [0.25, 0.3) is 10.8 Å². The van der Waals surface area contributed by atoms with Crippen molar-refractivity contribution in [2.45, 2.75) is 38.6 Å². The van der Waals surface area contributed by atoms with Crippen molar-refractivity contribution in [2.75, 3.05) is 6.54 Å². The fourth-order valence-electron chi connectivity index (χ4n) is 2.60. The Morgan fingerprint density at radius 1 is 1.18 bits per heavy atom. The molecular formula is C18H25ClN2O. The minimum atomic E-state index is 0. The summed E-state index contributed by atoms with van der Waals surface area (Å²) in [5.41, 5.74) is 6.80. The molecule has 0 aliphatic heterocycles. The molecule has 3 nitrogen and oxygen atoms in total. The molecule has 1 atom stereocenters. The van der Waals surface area contributed by atoms with Gasteiger partial charge in [-0.05, 0) is 22.8 Å². The van der Waals surface area contributed by atoms with Crippen molar-refractivity contribution >= 4 is 29.1 Å². The first-order chi connectivity index (χ1) is 10.2. The zero-order valence-electron chi connectivity index (χ0n) is 13.0. The molecule has 22 heavy (non-hydrogen) atoms. The normalized spacial score (nSPS) is 11.7. The molecule has 0 radical (unpaired) electrons. The molecular weight excluding hydrogens is 296 g/mol. The standard InChI is InChI=1S/C18H24N2O.ClH/c1-2-3-10-16(13-19)20-18(21)12-15-9-6-8-14-7-4-5-11-17(14)15;/h4-9,11,16H,2-3,10,12-13,19H2,1H3,(H,20,21);1H. The summed E-state index contributed by atoms with van der Waals surface area (Å²) in [6.45, 7) is 2.65. The number of carbonyl (C=O) groups is 1. The molecule has 0 saturated carbocycles. The smallest absolute Gasteiger partial charge is 0.224 e. The van der Waals surface area contributed by atoms with Crippen LogP contribution in [0.2, 0.25) is 0 Å². The molecule has 0 aliphatic rings. The van der Waals surface area contributed by atoms with E-state index >= 15 is 0 Å². The molecule has 0 bridgehead atoms. The first kappa shape index (κ1) is 18.5. The molecule has 1 amide bonds. The van der Waals surface area contributed by atoms with E-state index in [1.54, 1.807) is 0 Å². The lowest BCUT2D eigenvalue weighted by Crippen LogP contribution is -2.40. The van der Waals surface area contributed by atoms with Crippen molar-refractivity contribution in [3.8, 4) is 0 Å². The van der Waals surface area contributed by atoms with Crippen LogP contribution in [0.1, 0.15) is 31.7 Å². The van der Waals surface area contributed by atoms with E-state index in [0.717, 1.165) is 30.2 Å². The van der Waals surface area contributed by atoms with Gasteiger partial charge in [0.25, 0.3) is 0 Å². The third-order valence-electron chi connectivity index (χ3n) is 3.79. The first-order valence-electron chi connectivity index (χ1n) is 7.70. The fraction of sp³-hybridized carbons (Fsp3) is 0.389. The number of benzene rings is 2. The van der Waals surface area contributed by atoms with Crippen molar-refractivity contribution in [1.82, 2.24) is 5.32 Å². The van der Waals surface area contributed by atoms with Crippen LogP contribution in [0.15, 0.2) is 42.5 Å². The van der Waals surface area contributed by atoms with Crippen LogP contribution < -0.4 is 11.1 Å². The van der Waals surface area contributed by atoms with Gasteiger partial charge in [0, 0.05) is 12.6 Å². The molecule has 0 spiro atoms. The van der Waals surface area contributed by atoms with Crippen molar-refractivity contribution in [3.63, 3.8) is 0 Å². The number of nitrogens with two attached hydrogens (primary N) is 1. The van der Waals surface area contributed by atoms with Gasteiger partial charge in [-0.15, -0.1) is 12.4 Å². The average molecular weight is 321 g/mol. The minimum Gasteiger partial charge on any atom is -0.352 e. The lowest BCUT2D eigenvalue weighted by molar-refractivity contribution is -0.121. The zero-order valence-corrected chi connectivity index (χ0v) is 13.9. The predicted molar refractivity (Wildman–Crippen MR) is 95.4 cm³/mol. The molecule has 2 aromatic rings. The van der Waals surface area contributed by atoms with E-state index in [9.17, 15) is 4.79 Å². The Morgan fingerprint density at radius 2 is 1.91 bits per heavy atom. The maximum Gasteiger partial charge on any atom is 0.224 e. The highest BCUT2D eigenvalue weighted by Crippen LogP contribution is 2.18. The highest BCUT2D eigenvalue weighted by atomic mass is 35.5. The highest BCUT2D eigenvalue weighted by Gasteiger charge is 2.11. The van der Waals surface area contributed by atoms with Gasteiger partial charge in [-0.1, -0.05) is 62.2 Å². The van der Waals surface area contributed by atoms with Gasteiger partial charge in [-0.2, -0.15) is 0 Å². The topological polar surface area (TPSA) is 55.1 Å². The Kier molecular flexibility index (Phi) is 7.92. The van der Waals surface area contributed by atoms with Crippen molar-refractivity contribution in [2.24, 2.45) is 5.73 Å². The number of amides is 1. The second-order valence-corrected chi connectivity index (χ2v) is 5.46. The van der Waals surface area contributed by atoms with Crippen LogP contribution in [0.4, 0.5) is 0 Å². The fourth-order valence-corrected chi connectivity index (χ4v) is 2.60. The molecule has 4 heteroatoms. The summed E-state index contributed by atoms with van der Waals surface area (Å²) in [4.78, 5) is 12.2. The summed E-state index contributed by atoms with van der Waals surface area (Å²) < 4.78 is 0. The predicted octanol–water partition coefficient (Wildman–Crippen LogP) is 3.44. The number of hydrogen-bond acceptors (Lipinski definition) is 2. The minimum absolute atomic E-state index is 0. The monoisotopic (exact) mass is 320 g/mol. The van der Waals surface area contributed by atoms with E-state index in [2.05, 4.69) is 30.4 Å². The number of unbranched alkanes of at least 4 members (excludes halogenated alkanes) is 1. The SMILES string of the molecule is CCCCC(CN)NC(=O)Cc1cccc2ccccc12.Cl. The van der Waals surface area contributed by atoms with Gasteiger partial charge in [0.1, 0.15) is 0 Å². The van der Waals surface area contributed by atoms with Crippen LogP contribution in [0.5, 0.6) is 0 Å². The van der Waals surface area contributed by atoms with Gasteiger partial charge in [-0.25, -0.2) is 0 Å². The quantitative estimate of drug-likeness (QED) is 0.821. The lowest BCUT2D eigenvalue weighted by atomic mass is 10.0. The number of nitrogens with one attached hydrogen (secondary N) is 1. The molecule has 0 fully saturated rings. The Hall–Kier alpha value is -1.58. The van der Waals surface area contributed by atoms with E-state index in [1.807, 2.05) is 24.3 Å². The number of halogens is 1. The molecule has 0 saturated heterocycles. The number of carbonyl (C=O) groups excluding carboxylic acids is 1. The third kappa shape index (κ3) is 5.00. The Bertz CT molecular complexity index is 595. The summed E-state index contributed by atoms with van der Waals surface area (Å²) in [5.74, 6) is 0.0536. The number of fused-ring (bicyclic) bond motifs is 1. The number of hydrogen-bond donors (Lipinski definition) is 2. The number of rotatable bonds is 7. The second kappa shape index (κ2) is 9.44. The largest absolute Gasteiger partial charge is 0.352 e. The van der Waals surface area contributed by atoms with Crippen molar-refractivity contribution in [1.29, 1.82) is 0 Å². The molecule has 120 valence electrons. The summed E-state index contributed by atoms with van der Waals surface area (Å²) in [6, 6.07) is 14.3. The Labute approximate surface area is 138 Å². The molecule has 0 aliphatic carbocycles. The second-order valence-electron chi connectivity index (χ2n) is 5.46. The third-order valence-corrected chi connectivity index (χ3v) is 3.79. The van der Waals surface area contributed by atoms with Crippen LogP contribution in [0.3, 0.4) is 0 Å². The zero-order chi connectivity index (χ0) is 15.1. The van der Waals surface area contributed by atoms with E-state index in [1.165, 1.54) is 5.39 Å². The lowest BCUT2D eigenvalue weighted by Gasteiger charge is -2.16. The van der Waals surface area contributed by atoms with Crippen LogP contribution in [0, 0.1) is 0 Å². The maximum atomic E-state index is 12.2. The van der Waals surface area contributed by atoms with Gasteiger partial charge < -0.3 is 11.1 Å². The Balaban J connectivity index is 0.00000242. The molecule has 1 unspecified atom stereocenters. The van der Waals surface area contributed by atoms with E-state index in [0.29, 0.717) is 13.0 Å². The molecule has 0 aromatic heterocycles. The molecule has 2 rings (SSSR count). The van der Waals surface area contributed by atoms with Gasteiger partial charge in [0.05, 0.1) is 6.42 Å². The van der Waals surface area contributed by atoms with Gasteiger partial charge >= 0.3 is 0 Å². The van der Waals surface area contributed by atoms with Gasteiger partial charge in [0.2, 0.25) is 5.91 Å². The van der Waals surface area contributed by atoms with E-state index < -0.39 is 0 Å². The Morgan fingerprint density at radius 3 is 2.64 bits per heavy atom. The van der Waals surface area contributed by atoms with E-state index in [4.69, 9.17) is 5.73 Å². The summed E-state index contributed by atoms with van der Waals surface area (Å²) in [6.07, 6.45) is 3.57. The average Bonchev–Trinajstić information content (AvgIpc) is 2.51.